The predicted molar refractivity (Wildman–Crippen MR) is 101 cm³/mol. The Morgan fingerprint density at radius 2 is 1.44 bits per heavy atom. The summed E-state index contributed by atoms with van der Waals surface area (Å²) in [5.74, 6) is -0.113. The molecule has 0 aliphatic heterocycles. The molecule has 0 spiro atoms. The number of esters is 1. The topological polar surface area (TPSA) is 84.5 Å². The molecule has 0 aliphatic carbocycles. The molecule has 6 nitrogen and oxygen atoms in total. The number of carbonyl (C=O) groups excluding carboxylic acids is 3. The summed E-state index contributed by atoms with van der Waals surface area (Å²) in [6, 6.07) is 0.265. The fraction of sp³-hybridized carbons (Fsp3) is 0.737. The van der Waals surface area contributed by atoms with Gasteiger partial charge in [-0.1, -0.05) is 34.3 Å². The lowest BCUT2D eigenvalue weighted by Gasteiger charge is -2.11. The van der Waals surface area contributed by atoms with Gasteiger partial charge in [0.15, 0.2) is 0 Å². The average molecular weight is 357 g/mol. The van der Waals surface area contributed by atoms with E-state index in [2.05, 4.69) is 17.2 Å². The highest BCUT2D eigenvalue weighted by Crippen LogP contribution is 2.00. The Bertz CT molecular complexity index is 433. The molecule has 0 bridgehead atoms. The summed E-state index contributed by atoms with van der Waals surface area (Å²) in [5, 5.41) is 5.54. The fourth-order valence-electron chi connectivity index (χ4n) is 1.41. The van der Waals surface area contributed by atoms with E-state index in [4.69, 9.17) is 4.74 Å². The minimum Gasteiger partial charge on any atom is -0.460 e. The zero-order valence-electron chi connectivity index (χ0n) is 16.9. The molecule has 6 heteroatoms. The van der Waals surface area contributed by atoms with Crippen molar-refractivity contribution in [3.05, 3.63) is 12.2 Å². The van der Waals surface area contributed by atoms with Crippen LogP contribution in [0.15, 0.2) is 12.2 Å². The normalized spacial score (nSPS) is 12.3. The van der Waals surface area contributed by atoms with Gasteiger partial charge in [-0.05, 0) is 33.6 Å². The van der Waals surface area contributed by atoms with Gasteiger partial charge in [0, 0.05) is 23.5 Å². The van der Waals surface area contributed by atoms with E-state index in [9.17, 15) is 14.4 Å². The summed E-state index contributed by atoms with van der Waals surface area (Å²) < 4.78 is 4.81. The second-order valence-electron chi connectivity index (χ2n) is 6.49. The van der Waals surface area contributed by atoms with Crippen molar-refractivity contribution < 1.29 is 19.1 Å². The molecule has 0 aromatic carbocycles. The molecule has 2 unspecified atom stereocenters. The number of hydrogen-bond acceptors (Lipinski definition) is 4. The van der Waals surface area contributed by atoms with E-state index in [0.29, 0.717) is 12.1 Å². The molecule has 2 N–H and O–H groups in total. The first-order valence-electron chi connectivity index (χ1n) is 8.97. The summed E-state index contributed by atoms with van der Waals surface area (Å²) in [7, 11) is 0. The molecule has 0 heterocycles. The van der Waals surface area contributed by atoms with Crippen LogP contribution in [0.3, 0.4) is 0 Å². The molecule has 25 heavy (non-hydrogen) atoms. The standard InChI is InChI=1S/C11H19NO3.C8H17NO/c1-5-9(4)10(13)12-6-7-15-11(14)8(2)3;1-5-7(4)8(10)9-6(2)3/h9H,2,5-7H2,1,3-4H3,(H,12,13);6-7H,5H2,1-4H3,(H,9,10). The van der Waals surface area contributed by atoms with Crippen molar-refractivity contribution in [2.24, 2.45) is 11.8 Å². The highest BCUT2D eigenvalue weighted by Gasteiger charge is 2.10. The zero-order valence-corrected chi connectivity index (χ0v) is 16.9. The summed E-state index contributed by atoms with van der Waals surface area (Å²) in [4.78, 5) is 33.3. The lowest BCUT2D eigenvalue weighted by atomic mass is 10.1. The van der Waals surface area contributed by atoms with Crippen LogP contribution in [0.25, 0.3) is 0 Å². The highest BCUT2D eigenvalue weighted by atomic mass is 16.5. The molecule has 0 fully saturated rings. The van der Waals surface area contributed by atoms with E-state index in [1.165, 1.54) is 0 Å². The number of ether oxygens (including phenoxy) is 1. The van der Waals surface area contributed by atoms with Crippen LogP contribution in [-0.2, 0) is 19.1 Å². The first-order valence-corrected chi connectivity index (χ1v) is 8.97. The summed E-state index contributed by atoms with van der Waals surface area (Å²) >= 11 is 0. The number of hydrogen-bond donors (Lipinski definition) is 2. The van der Waals surface area contributed by atoms with Crippen molar-refractivity contribution in [3.8, 4) is 0 Å². The van der Waals surface area contributed by atoms with E-state index < -0.39 is 5.97 Å². The molecule has 0 aromatic heterocycles. The van der Waals surface area contributed by atoms with Crippen LogP contribution < -0.4 is 10.6 Å². The Labute approximate surface area is 152 Å². The first kappa shape index (κ1) is 25.4. The quantitative estimate of drug-likeness (QED) is 0.378. The highest BCUT2D eigenvalue weighted by molar-refractivity contribution is 5.87. The van der Waals surface area contributed by atoms with Gasteiger partial charge in [0.05, 0.1) is 6.54 Å². The molecular weight excluding hydrogens is 320 g/mol. The summed E-state index contributed by atoms with van der Waals surface area (Å²) in [6.07, 6.45) is 1.72. The third kappa shape index (κ3) is 14.2. The predicted octanol–water partition coefficient (Wildman–Crippen LogP) is 2.83. The Hall–Kier alpha value is -1.85. The molecular formula is C19H36N2O4. The zero-order chi connectivity index (χ0) is 20.0. The van der Waals surface area contributed by atoms with Gasteiger partial charge in [-0.15, -0.1) is 0 Å². The van der Waals surface area contributed by atoms with Crippen molar-refractivity contribution >= 4 is 17.8 Å². The summed E-state index contributed by atoms with van der Waals surface area (Å²) in [5.41, 5.74) is 0.364. The third-order valence-corrected chi connectivity index (χ3v) is 3.53. The maximum absolute atomic E-state index is 11.3. The fourth-order valence-corrected chi connectivity index (χ4v) is 1.41. The van der Waals surface area contributed by atoms with Crippen LogP contribution in [0.4, 0.5) is 0 Å². The Morgan fingerprint density at radius 1 is 0.960 bits per heavy atom. The number of amides is 2. The molecule has 2 atom stereocenters. The molecule has 0 saturated carbocycles. The molecule has 0 radical (unpaired) electrons. The van der Waals surface area contributed by atoms with Crippen molar-refractivity contribution in [1.29, 1.82) is 0 Å². The van der Waals surface area contributed by atoms with Gasteiger partial charge in [0.1, 0.15) is 6.61 Å². The molecule has 0 aliphatic rings. The van der Waals surface area contributed by atoms with Crippen molar-refractivity contribution in [3.63, 3.8) is 0 Å². The Morgan fingerprint density at radius 3 is 1.84 bits per heavy atom. The Balaban J connectivity index is 0. The van der Waals surface area contributed by atoms with Crippen LogP contribution >= 0.6 is 0 Å². The van der Waals surface area contributed by atoms with Crippen LogP contribution in [0.5, 0.6) is 0 Å². The average Bonchev–Trinajstić information content (AvgIpc) is 2.56. The lowest BCUT2D eigenvalue weighted by Crippen LogP contribution is -2.34. The van der Waals surface area contributed by atoms with Crippen LogP contribution in [0.2, 0.25) is 0 Å². The van der Waals surface area contributed by atoms with E-state index in [-0.39, 0.29) is 36.3 Å². The van der Waals surface area contributed by atoms with Crippen molar-refractivity contribution in [2.75, 3.05) is 13.2 Å². The molecule has 0 rings (SSSR count). The number of nitrogens with one attached hydrogen (secondary N) is 2. The van der Waals surface area contributed by atoms with E-state index in [1.54, 1.807) is 6.92 Å². The maximum atomic E-state index is 11.3. The van der Waals surface area contributed by atoms with Crippen molar-refractivity contribution in [2.45, 2.75) is 67.3 Å². The molecule has 146 valence electrons. The van der Waals surface area contributed by atoms with Gasteiger partial charge in [-0.2, -0.15) is 0 Å². The largest absolute Gasteiger partial charge is 0.460 e. The van der Waals surface area contributed by atoms with Gasteiger partial charge in [0.2, 0.25) is 11.8 Å². The van der Waals surface area contributed by atoms with E-state index >= 15 is 0 Å². The minimum atomic E-state index is -0.423. The molecule has 0 aromatic rings. The number of rotatable bonds is 9. The SMILES string of the molecule is C=C(C)C(=O)OCCNC(=O)C(C)CC.CCC(C)C(=O)NC(C)C. The third-order valence-electron chi connectivity index (χ3n) is 3.53. The second kappa shape index (κ2) is 14.5. The van der Waals surface area contributed by atoms with Gasteiger partial charge in [-0.3, -0.25) is 9.59 Å². The number of carbonyl (C=O) groups is 3. The molecule has 2 amide bonds. The first-order chi connectivity index (χ1) is 11.6. The van der Waals surface area contributed by atoms with Gasteiger partial charge in [-0.25, -0.2) is 4.79 Å². The monoisotopic (exact) mass is 356 g/mol. The summed E-state index contributed by atoms with van der Waals surface area (Å²) in [6.45, 7) is 17.3. The lowest BCUT2D eigenvalue weighted by molar-refractivity contribution is -0.139. The van der Waals surface area contributed by atoms with Crippen LogP contribution in [-0.4, -0.2) is 37.0 Å². The second-order valence-corrected chi connectivity index (χ2v) is 6.49. The minimum absolute atomic E-state index is 0.00171. The van der Waals surface area contributed by atoms with Gasteiger partial charge in [0.25, 0.3) is 0 Å². The van der Waals surface area contributed by atoms with E-state index in [0.717, 1.165) is 12.8 Å². The van der Waals surface area contributed by atoms with Crippen molar-refractivity contribution in [1.82, 2.24) is 10.6 Å². The van der Waals surface area contributed by atoms with E-state index in [1.807, 2.05) is 41.5 Å². The molecule has 0 saturated heterocycles. The van der Waals surface area contributed by atoms with Gasteiger partial charge < -0.3 is 15.4 Å². The van der Waals surface area contributed by atoms with Crippen LogP contribution in [0, 0.1) is 11.8 Å². The smallest absolute Gasteiger partial charge is 0.333 e. The van der Waals surface area contributed by atoms with Crippen LogP contribution in [0.1, 0.15) is 61.3 Å². The Kier molecular flexibility index (Phi) is 14.7. The maximum Gasteiger partial charge on any atom is 0.333 e. The van der Waals surface area contributed by atoms with Gasteiger partial charge >= 0.3 is 5.97 Å².